The van der Waals surface area contributed by atoms with E-state index >= 15 is 0 Å². The molecule has 0 amide bonds. The maximum atomic E-state index is 5.35. The molecule has 3 rings (SSSR count). The molecule has 1 saturated heterocycles. The van der Waals surface area contributed by atoms with E-state index in [4.69, 9.17) is 9.47 Å². The molecule has 2 aromatic carbocycles. The zero-order chi connectivity index (χ0) is 18.5. The standard InChI is InChI=1S/C22H30N2O2/c1-5-23-15-16-24(6-2)22(18-9-13-20(26-4)14-10-18)21(23)17-7-11-19(25-3)12-8-17/h7-14,21-22H,5-6,15-16H2,1-4H3/t21-,22+. The van der Waals surface area contributed by atoms with E-state index in [-0.39, 0.29) is 0 Å². The lowest BCUT2D eigenvalue weighted by Crippen LogP contribution is -2.50. The Labute approximate surface area is 157 Å². The highest BCUT2D eigenvalue weighted by molar-refractivity contribution is 5.35. The van der Waals surface area contributed by atoms with E-state index in [2.05, 4.69) is 72.2 Å². The number of piperazine rings is 1. The Balaban J connectivity index is 2.02. The van der Waals surface area contributed by atoms with Gasteiger partial charge < -0.3 is 9.47 Å². The third-order valence-electron chi connectivity index (χ3n) is 5.49. The predicted octanol–water partition coefficient (Wildman–Crippen LogP) is 4.14. The molecule has 140 valence electrons. The van der Waals surface area contributed by atoms with E-state index < -0.39 is 0 Å². The van der Waals surface area contributed by atoms with E-state index in [1.165, 1.54) is 11.1 Å². The average molecular weight is 354 g/mol. The highest BCUT2D eigenvalue weighted by Gasteiger charge is 2.37. The summed E-state index contributed by atoms with van der Waals surface area (Å²) < 4.78 is 10.7. The molecule has 26 heavy (non-hydrogen) atoms. The van der Waals surface area contributed by atoms with Crippen LogP contribution in [-0.4, -0.2) is 50.2 Å². The van der Waals surface area contributed by atoms with Gasteiger partial charge in [-0.05, 0) is 48.5 Å². The van der Waals surface area contributed by atoms with Crippen molar-refractivity contribution in [1.29, 1.82) is 0 Å². The van der Waals surface area contributed by atoms with Crippen LogP contribution < -0.4 is 9.47 Å². The van der Waals surface area contributed by atoms with Gasteiger partial charge in [-0.15, -0.1) is 0 Å². The minimum absolute atomic E-state index is 0.327. The summed E-state index contributed by atoms with van der Waals surface area (Å²) in [5.41, 5.74) is 2.68. The molecule has 1 aliphatic heterocycles. The van der Waals surface area contributed by atoms with Crippen LogP contribution in [0.1, 0.15) is 37.1 Å². The number of hydrogen-bond acceptors (Lipinski definition) is 4. The molecule has 0 N–H and O–H groups in total. The first kappa shape index (κ1) is 18.7. The molecule has 1 fully saturated rings. The maximum Gasteiger partial charge on any atom is 0.118 e. The van der Waals surface area contributed by atoms with Gasteiger partial charge in [0.15, 0.2) is 0 Å². The molecule has 2 aromatic rings. The molecule has 4 heteroatoms. The van der Waals surface area contributed by atoms with Crippen LogP contribution in [0.25, 0.3) is 0 Å². The van der Waals surface area contributed by atoms with Gasteiger partial charge in [-0.1, -0.05) is 38.1 Å². The Morgan fingerprint density at radius 1 is 0.692 bits per heavy atom. The van der Waals surface area contributed by atoms with Gasteiger partial charge in [-0.3, -0.25) is 9.80 Å². The average Bonchev–Trinajstić information content (AvgIpc) is 2.72. The van der Waals surface area contributed by atoms with Crippen molar-refractivity contribution < 1.29 is 9.47 Å². The van der Waals surface area contributed by atoms with Gasteiger partial charge in [-0.25, -0.2) is 0 Å². The Hall–Kier alpha value is -2.04. The van der Waals surface area contributed by atoms with E-state index in [0.717, 1.165) is 37.7 Å². The normalized spacial score (nSPS) is 21.5. The lowest BCUT2D eigenvalue weighted by molar-refractivity contribution is 0.0227. The lowest BCUT2D eigenvalue weighted by atomic mass is 9.88. The first-order valence-electron chi connectivity index (χ1n) is 9.47. The van der Waals surface area contributed by atoms with Crippen LogP contribution in [0.2, 0.25) is 0 Å². The Morgan fingerprint density at radius 3 is 1.31 bits per heavy atom. The highest BCUT2D eigenvalue weighted by atomic mass is 16.5. The quantitative estimate of drug-likeness (QED) is 0.778. The number of nitrogens with zero attached hydrogens (tertiary/aromatic N) is 2. The van der Waals surface area contributed by atoms with Crippen molar-refractivity contribution in [3.63, 3.8) is 0 Å². The molecular weight excluding hydrogens is 324 g/mol. The molecule has 0 saturated carbocycles. The Kier molecular flexibility index (Phi) is 6.17. The molecule has 0 unspecified atom stereocenters. The van der Waals surface area contributed by atoms with Crippen molar-refractivity contribution in [3.05, 3.63) is 59.7 Å². The molecule has 1 aliphatic rings. The number of likely N-dealkylation sites (N-methyl/N-ethyl adjacent to an activating group) is 2. The summed E-state index contributed by atoms with van der Waals surface area (Å²) in [6, 6.07) is 17.8. The number of hydrogen-bond donors (Lipinski definition) is 0. The second kappa shape index (κ2) is 8.56. The fourth-order valence-electron chi connectivity index (χ4n) is 4.03. The third kappa shape index (κ3) is 3.71. The van der Waals surface area contributed by atoms with Gasteiger partial charge in [0.25, 0.3) is 0 Å². The van der Waals surface area contributed by atoms with E-state index in [1.54, 1.807) is 14.2 Å². The summed E-state index contributed by atoms with van der Waals surface area (Å²) in [5, 5.41) is 0. The fraction of sp³-hybridized carbons (Fsp3) is 0.455. The van der Waals surface area contributed by atoms with Gasteiger partial charge in [0.1, 0.15) is 11.5 Å². The van der Waals surface area contributed by atoms with Crippen molar-refractivity contribution in [2.45, 2.75) is 25.9 Å². The molecule has 0 aliphatic carbocycles. The zero-order valence-electron chi connectivity index (χ0n) is 16.3. The Bertz CT molecular complexity index is 623. The van der Waals surface area contributed by atoms with Gasteiger partial charge in [0, 0.05) is 13.1 Å². The molecule has 0 radical (unpaired) electrons. The largest absolute Gasteiger partial charge is 0.497 e. The summed E-state index contributed by atoms with van der Waals surface area (Å²) in [4.78, 5) is 5.17. The third-order valence-corrected chi connectivity index (χ3v) is 5.49. The van der Waals surface area contributed by atoms with Gasteiger partial charge in [0.05, 0.1) is 26.3 Å². The minimum atomic E-state index is 0.327. The van der Waals surface area contributed by atoms with Gasteiger partial charge in [0.2, 0.25) is 0 Å². The number of rotatable bonds is 6. The van der Waals surface area contributed by atoms with Crippen LogP contribution in [0.4, 0.5) is 0 Å². The minimum Gasteiger partial charge on any atom is -0.497 e. The monoisotopic (exact) mass is 354 g/mol. The van der Waals surface area contributed by atoms with Crippen molar-refractivity contribution >= 4 is 0 Å². The van der Waals surface area contributed by atoms with E-state index in [9.17, 15) is 0 Å². The molecule has 0 aromatic heterocycles. The van der Waals surface area contributed by atoms with Crippen molar-refractivity contribution in [2.24, 2.45) is 0 Å². The fourth-order valence-corrected chi connectivity index (χ4v) is 4.03. The number of ether oxygens (including phenoxy) is 2. The topological polar surface area (TPSA) is 24.9 Å². The summed E-state index contributed by atoms with van der Waals surface area (Å²) in [6.45, 7) is 8.77. The zero-order valence-corrected chi connectivity index (χ0v) is 16.3. The second-order valence-corrected chi connectivity index (χ2v) is 6.69. The number of benzene rings is 2. The van der Waals surface area contributed by atoms with E-state index in [0.29, 0.717) is 12.1 Å². The van der Waals surface area contributed by atoms with Crippen LogP contribution >= 0.6 is 0 Å². The van der Waals surface area contributed by atoms with Crippen LogP contribution in [0.15, 0.2) is 48.5 Å². The van der Waals surface area contributed by atoms with Crippen LogP contribution in [0, 0.1) is 0 Å². The first-order valence-corrected chi connectivity index (χ1v) is 9.47. The number of methoxy groups -OCH3 is 2. The molecular formula is C22H30N2O2. The Morgan fingerprint density at radius 2 is 1.04 bits per heavy atom. The summed E-state index contributed by atoms with van der Waals surface area (Å²) >= 11 is 0. The van der Waals surface area contributed by atoms with Crippen LogP contribution in [0.5, 0.6) is 11.5 Å². The highest BCUT2D eigenvalue weighted by Crippen LogP contribution is 2.41. The molecule has 1 heterocycles. The second-order valence-electron chi connectivity index (χ2n) is 6.69. The smallest absolute Gasteiger partial charge is 0.118 e. The summed E-state index contributed by atoms with van der Waals surface area (Å²) in [7, 11) is 3.43. The maximum absolute atomic E-state index is 5.35. The van der Waals surface area contributed by atoms with Crippen molar-refractivity contribution in [1.82, 2.24) is 9.80 Å². The van der Waals surface area contributed by atoms with Crippen molar-refractivity contribution in [2.75, 3.05) is 40.4 Å². The summed E-state index contributed by atoms with van der Waals surface area (Å²) in [5.74, 6) is 1.81. The molecule has 0 bridgehead atoms. The molecule has 4 nitrogen and oxygen atoms in total. The summed E-state index contributed by atoms with van der Waals surface area (Å²) in [6.07, 6.45) is 0. The molecule has 2 atom stereocenters. The molecule has 0 spiro atoms. The predicted molar refractivity (Wildman–Crippen MR) is 106 cm³/mol. The van der Waals surface area contributed by atoms with Crippen molar-refractivity contribution in [3.8, 4) is 11.5 Å². The van der Waals surface area contributed by atoms with Crippen LogP contribution in [-0.2, 0) is 0 Å². The van der Waals surface area contributed by atoms with E-state index in [1.807, 2.05) is 0 Å². The SMILES string of the molecule is CCN1CCN(CC)[C@@H](c2ccc(OC)cc2)[C@H]1c1ccc(OC)cc1. The van der Waals surface area contributed by atoms with Gasteiger partial charge >= 0.3 is 0 Å². The van der Waals surface area contributed by atoms with Crippen LogP contribution in [0.3, 0.4) is 0 Å². The lowest BCUT2D eigenvalue weighted by Gasteiger charge is -2.48. The first-order chi connectivity index (χ1) is 12.7. The van der Waals surface area contributed by atoms with Gasteiger partial charge in [-0.2, -0.15) is 0 Å².